The van der Waals surface area contributed by atoms with Crippen LogP contribution in [0.3, 0.4) is 0 Å². The van der Waals surface area contributed by atoms with Gasteiger partial charge in [0.25, 0.3) is 0 Å². The van der Waals surface area contributed by atoms with E-state index in [1.165, 1.54) is 7.11 Å². The van der Waals surface area contributed by atoms with Crippen LogP contribution in [0.15, 0.2) is 0 Å². The van der Waals surface area contributed by atoms with Crippen LogP contribution in [-0.2, 0) is 14.3 Å². The number of fused-ring (bicyclic) bond motifs is 1. The summed E-state index contributed by atoms with van der Waals surface area (Å²) in [5.41, 5.74) is 0. The predicted molar refractivity (Wildman–Crippen MR) is 51.1 cm³/mol. The molecule has 3 nitrogen and oxygen atoms in total. The number of ether oxygens (including phenoxy) is 1. The summed E-state index contributed by atoms with van der Waals surface area (Å²) in [4.78, 5) is 22.0. The standard InChI is InChI=1S/C10H13ClO3/c1-14-9(13)10(11)6-4-2-3-5-7(12)8(6)10/h6,8H,2-5H2,1H3/t6-,8-,10-/m0/s1. The molecule has 0 N–H and O–H groups in total. The second-order valence-electron chi connectivity index (χ2n) is 4.06. The third kappa shape index (κ3) is 1.18. The molecule has 0 aromatic heterocycles. The molecule has 0 spiro atoms. The Morgan fingerprint density at radius 3 is 2.93 bits per heavy atom. The van der Waals surface area contributed by atoms with Gasteiger partial charge in [0, 0.05) is 12.3 Å². The van der Waals surface area contributed by atoms with Crippen molar-refractivity contribution in [3.8, 4) is 0 Å². The second-order valence-corrected chi connectivity index (χ2v) is 4.68. The van der Waals surface area contributed by atoms with Crippen molar-refractivity contribution < 1.29 is 14.3 Å². The monoisotopic (exact) mass is 216 g/mol. The molecule has 78 valence electrons. The van der Waals surface area contributed by atoms with E-state index >= 15 is 0 Å². The van der Waals surface area contributed by atoms with Crippen LogP contribution in [0.2, 0.25) is 0 Å². The number of Topliss-reactive ketones (excluding diaryl/α,β-unsaturated/α-hetero) is 1. The van der Waals surface area contributed by atoms with Crippen LogP contribution in [0.4, 0.5) is 0 Å². The summed E-state index contributed by atoms with van der Waals surface area (Å²) in [6, 6.07) is 0. The molecule has 0 heterocycles. The number of halogens is 1. The molecule has 2 saturated carbocycles. The van der Waals surface area contributed by atoms with Gasteiger partial charge in [-0.05, 0) is 12.8 Å². The Bertz CT molecular complexity index is 289. The minimum atomic E-state index is -1.02. The normalized spacial score (nSPS) is 41.1. The van der Waals surface area contributed by atoms with Crippen LogP contribution in [0.25, 0.3) is 0 Å². The topological polar surface area (TPSA) is 43.4 Å². The van der Waals surface area contributed by atoms with Gasteiger partial charge in [-0.3, -0.25) is 9.59 Å². The maximum atomic E-state index is 11.6. The minimum Gasteiger partial charge on any atom is -0.468 e. The van der Waals surface area contributed by atoms with Crippen LogP contribution in [0.5, 0.6) is 0 Å². The van der Waals surface area contributed by atoms with Crippen molar-refractivity contribution in [3.63, 3.8) is 0 Å². The predicted octanol–water partition coefficient (Wildman–Crippen LogP) is 1.53. The molecule has 0 saturated heterocycles. The summed E-state index contributed by atoms with van der Waals surface area (Å²) < 4.78 is 4.64. The molecule has 0 radical (unpaired) electrons. The minimum absolute atomic E-state index is 0.0200. The molecule has 0 aromatic rings. The molecular formula is C10H13ClO3. The van der Waals surface area contributed by atoms with E-state index in [1.54, 1.807) is 0 Å². The summed E-state index contributed by atoms with van der Waals surface area (Å²) in [6.07, 6.45) is 3.35. The fourth-order valence-electron chi connectivity index (χ4n) is 2.51. The zero-order valence-corrected chi connectivity index (χ0v) is 8.84. The van der Waals surface area contributed by atoms with Gasteiger partial charge in [0.1, 0.15) is 5.78 Å². The number of carbonyl (C=O) groups excluding carboxylic acids is 2. The van der Waals surface area contributed by atoms with Crippen LogP contribution in [0.1, 0.15) is 25.7 Å². The van der Waals surface area contributed by atoms with Gasteiger partial charge in [-0.15, -0.1) is 11.6 Å². The van der Waals surface area contributed by atoms with E-state index in [4.69, 9.17) is 11.6 Å². The number of hydrogen-bond donors (Lipinski definition) is 0. The summed E-state index contributed by atoms with van der Waals surface area (Å²) in [5, 5.41) is 0. The first kappa shape index (κ1) is 9.97. The first-order valence-corrected chi connectivity index (χ1v) is 5.30. The molecule has 3 atom stereocenters. The van der Waals surface area contributed by atoms with Crippen LogP contribution in [-0.4, -0.2) is 23.7 Å². The molecule has 4 heteroatoms. The highest BCUT2D eigenvalue weighted by atomic mass is 35.5. The smallest absolute Gasteiger partial charge is 0.328 e. The number of alkyl halides is 1. The summed E-state index contributed by atoms with van der Waals surface area (Å²) in [6.45, 7) is 0. The van der Waals surface area contributed by atoms with Crippen molar-refractivity contribution in [2.75, 3.05) is 7.11 Å². The first-order valence-electron chi connectivity index (χ1n) is 4.92. The van der Waals surface area contributed by atoms with Gasteiger partial charge >= 0.3 is 5.97 Å². The SMILES string of the molecule is COC(=O)[C@@]1(Cl)[C@@H]2C(=O)CCCC[C@@H]21. The third-order valence-electron chi connectivity index (χ3n) is 3.32. The maximum absolute atomic E-state index is 11.6. The van der Waals surface area contributed by atoms with E-state index in [1.807, 2.05) is 0 Å². The Morgan fingerprint density at radius 1 is 1.57 bits per heavy atom. The molecule has 0 aromatic carbocycles. The van der Waals surface area contributed by atoms with Gasteiger partial charge < -0.3 is 4.74 Å². The number of ketones is 1. The van der Waals surface area contributed by atoms with Gasteiger partial charge in [0.2, 0.25) is 0 Å². The molecule has 2 rings (SSSR count). The Morgan fingerprint density at radius 2 is 2.29 bits per heavy atom. The average Bonchev–Trinajstić information content (AvgIpc) is 2.83. The lowest BCUT2D eigenvalue weighted by Gasteiger charge is -2.08. The largest absolute Gasteiger partial charge is 0.468 e. The molecule has 0 unspecified atom stereocenters. The molecule has 14 heavy (non-hydrogen) atoms. The molecule has 2 aliphatic carbocycles. The number of methoxy groups -OCH3 is 1. The second kappa shape index (κ2) is 3.23. The quantitative estimate of drug-likeness (QED) is 0.493. The number of esters is 1. The summed E-state index contributed by atoms with van der Waals surface area (Å²) >= 11 is 6.14. The molecule has 2 aliphatic rings. The number of hydrogen-bond acceptors (Lipinski definition) is 3. The Kier molecular flexibility index (Phi) is 2.30. The van der Waals surface area contributed by atoms with Gasteiger partial charge in [-0.1, -0.05) is 6.42 Å². The Labute approximate surface area is 87.8 Å². The molecule has 0 amide bonds. The highest BCUT2D eigenvalue weighted by molar-refractivity contribution is 6.39. The number of carbonyl (C=O) groups is 2. The maximum Gasteiger partial charge on any atom is 0.328 e. The zero-order chi connectivity index (χ0) is 10.3. The highest BCUT2D eigenvalue weighted by Gasteiger charge is 2.72. The molecule has 2 fully saturated rings. The third-order valence-corrected chi connectivity index (χ3v) is 3.99. The van der Waals surface area contributed by atoms with Gasteiger partial charge in [-0.2, -0.15) is 0 Å². The fraction of sp³-hybridized carbons (Fsp3) is 0.800. The molecule has 0 bridgehead atoms. The van der Waals surface area contributed by atoms with E-state index in [-0.39, 0.29) is 17.6 Å². The van der Waals surface area contributed by atoms with E-state index < -0.39 is 10.8 Å². The average molecular weight is 217 g/mol. The van der Waals surface area contributed by atoms with E-state index in [0.29, 0.717) is 6.42 Å². The lowest BCUT2D eigenvalue weighted by molar-refractivity contribution is -0.142. The molecule has 0 aliphatic heterocycles. The molecular weight excluding hydrogens is 204 g/mol. The summed E-state index contributed by atoms with van der Waals surface area (Å²) in [7, 11) is 1.31. The summed E-state index contributed by atoms with van der Waals surface area (Å²) in [5.74, 6) is -0.567. The van der Waals surface area contributed by atoms with Crippen molar-refractivity contribution in [2.24, 2.45) is 11.8 Å². The fourth-order valence-corrected chi connectivity index (χ4v) is 3.04. The first-order chi connectivity index (χ1) is 6.62. The Balaban J connectivity index is 2.19. The highest BCUT2D eigenvalue weighted by Crippen LogP contribution is 2.60. The van der Waals surface area contributed by atoms with Crippen molar-refractivity contribution in [1.82, 2.24) is 0 Å². The number of rotatable bonds is 1. The van der Waals surface area contributed by atoms with E-state index in [2.05, 4.69) is 4.74 Å². The van der Waals surface area contributed by atoms with Gasteiger partial charge in [0.15, 0.2) is 4.87 Å². The zero-order valence-electron chi connectivity index (χ0n) is 8.09. The lowest BCUT2D eigenvalue weighted by atomic mass is 10.1. The lowest BCUT2D eigenvalue weighted by Crippen LogP contribution is -2.24. The van der Waals surface area contributed by atoms with E-state index in [0.717, 1.165) is 19.3 Å². The van der Waals surface area contributed by atoms with Crippen LogP contribution in [0, 0.1) is 11.8 Å². The van der Waals surface area contributed by atoms with Crippen molar-refractivity contribution in [3.05, 3.63) is 0 Å². The van der Waals surface area contributed by atoms with Crippen LogP contribution >= 0.6 is 11.6 Å². The van der Waals surface area contributed by atoms with Gasteiger partial charge in [-0.25, -0.2) is 0 Å². The van der Waals surface area contributed by atoms with Crippen molar-refractivity contribution in [1.29, 1.82) is 0 Å². The van der Waals surface area contributed by atoms with Crippen molar-refractivity contribution >= 4 is 23.4 Å². The van der Waals surface area contributed by atoms with Gasteiger partial charge in [0.05, 0.1) is 13.0 Å². The van der Waals surface area contributed by atoms with E-state index in [9.17, 15) is 9.59 Å². The Hall–Kier alpha value is -0.570. The van der Waals surface area contributed by atoms with Crippen LogP contribution < -0.4 is 0 Å². The van der Waals surface area contributed by atoms with Crippen molar-refractivity contribution in [2.45, 2.75) is 30.6 Å².